The van der Waals surface area contributed by atoms with E-state index in [9.17, 15) is 4.79 Å². The number of carbonyl (C=O) groups excluding carboxylic acids is 1. The number of rotatable bonds is 4. The Balaban J connectivity index is 1.64. The Hall–Kier alpha value is -2.40. The Morgan fingerprint density at radius 2 is 2.18 bits per heavy atom. The van der Waals surface area contributed by atoms with Crippen LogP contribution in [0.4, 0.5) is 5.69 Å². The number of nitrogens with one attached hydrogen (secondary N) is 1. The van der Waals surface area contributed by atoms with Crippen molar-refractivity contribution in [2.75, 3.05) is 18.5 Å². The molecule has 1 aromatic carbocycles. The van der Waals surface area contributed by atoms with Gasteiger partial charge in [-0.15, -0.1) is 0 Å². The van der Waals surface area contributed by atoms with E-state index < -0.39 is 0 Å². The number of anilines is 1. The molecule has 1 aromatic heterocycles. The van der Waals surface area contributed by atoms with E-state index in [1.807, 2.05) is 31.2 Å². The minimum absolute atomic E-state index is 0.0548. The minimum atomic E-state index is -0.183. The quantitative estimate of drug-likeness (QED) is 0.943. The fraction of sp³-hybridized carbons (Fsp3) is 0.294. The first kappa shape index (κ1) is 14.5. The summed E-state index contributed by atoms with van der Waals surface area (Å²) in [6, 6.07) is 11.1. The number of aromatic nitrogens is 1. The van der Waals surface area contributed by atoms with Crippen molar-refractivity contribution in [3.63, 3.8) is 0 Å². The van der Waals surface area contributed by atoms with Crippen LogP contribution in [-0.2, 0) is 4.74 Å². The van der Waals surface area contributed by atoms with Crippen LogP contribution in [-0.4, -0.2) is 30.2 Å². The first-order chi connectivity index (χ1) is 10.7. The molecule has 1 saturated heterocycles. The fourth-order valence-corrected chi connectivity index (χ4v) is 2.27. The van der Waals surface area contributed by atoms with Crippen molar-refractivity contribution in [1.82, 2.24) is 4.98 Å². The van der Waals surface area contributed by atoms with Crippen LogP contribution in [0.5, 0.6) is 5.88 Å². The number of pyridine rings is 1. The summed E-state index contributed by atoms with van der Waals surface area (Å²) < 4.78 is 10.9. The van der Waals surface area contributed by atoms with Crippen LogP contribution in [0, 0.1) is 6.92 Å². The lowest BCUT2D eigenvalue weighted by molar-refractivity contribution is 0.102. The monoisotopic (exact) mass is 298 g/mol. The zero-order chi connectivity index (χ0) is 15.4. The van der Waals surface area contributed by atoms with Crippen LogP contribution < -0.4 is 10.1 Å². The van der Waals surface area contributed by atoms with Crippen molar-refractivity contribution in [1.29, 1.82) is 0 Å². The molecule has 1 unspecified atom stereocenters. The smallest absolute Gasteiger partial charge is 0.257 e. The Kier molecular flexibility index (Phi) is 4.34. The highest BCUT2D eigenvalue weighted by Gasteiger charge is 2.18. The zero-order valence-electron chi connectivity index (χ0n) is 12.4. The molecule has 1 aliphatic rings. The standard InChI is InChI=1S/C17H18N2O3/c1-12-4-2-3-5-15(12)19-17(20)13-6-7-16(18-10-13)22-14-8-9-21-11-14/h2-7,10,14H,8-9,11H2,1H3,(H,19,20). The molecule has 1 aliphatic heterocycles. The van der Waals surface area contributed by atoms with E-state index in [2.05, 4.69) is 10.3 Å². The molecule has 0 bridgehead atoms. The molecule has 0 spiro atoms. The Bertz CT molecular complexity index is 649. The maximum absolute atomic E-state index is 12.2. The predicted molar refractivity (Wildman–Crippen MR) is 83.2 cm³/mol. The van der Waals surface area contributed by atoms with Crippen LogP contribution in [0.3, 0.4) is 0 Å². The molecule has 1 fully saturated rings. The Morgan fingerprint density at radius 1 is 1.32 bits per heavy atom. The van der Waals surface area contributed by atoms with Crippen molar-refractivity contribution in [3.8, 4) is 5.88 Å². The lowest BCUT2D eigenvalue weighted by atomic mass is 10.2. The second-order valence-electron chi connectivity index (χ2n) is 5.26. The van der Waals surface area contributed by atoms with Gasteiger partial charge in [-0.3, -0.25) is 4.79 Å². The highest BCUT2D eigenvalue weighted by atomic mass is 16.5. The van der Waals surface area contributed by atoms with Gasteiger partial charge in [-0.05, 0) is 24.6 Å². The van der Waals surface area contributed by atoms with E-state index in [0.717, 1.165) is 24.3 Å². The second kappa shape index (κ2) is 6.58. The molecule has 0 radical (unpaired) electrons. The number of hydrogen-bond acceptors (Lipinski definition) is 4. The van der Waals surface area contributed by atoms with Gasteiger partial charge in [0, 0.05) is 24.4 Å². The molecule has 1 amide bonds. The summed E-state index contributed by atoms with van der Waals surface area (Å²) >= 11 is 0. The van der Waals surface area contributed by atoms with Gasteiger partial charge in [0.05, 0.1) is 18.8 Å². The number of carbonyl (C=O) groups is 1. The van der Waals surface area contributed by atoms with Crippen molar-refractivity contribution in [2.45, 2.75) is 19.4 Å². The molecule has 3 rings (SSSR count). The molecule has 2 aromatic rings. The van der Waals surface area contributed by atoms with E-state index in [1.165, 1.54) is 6.20 Å². The zero-order valence-corrected chi connectivity index (χ0v) is 12.4. The summed E-state index contributed by atoms with van der Waals surface area (Å²) in [4.78, 5) is 16.4. The third kappa shape index (κ3) is 3.43. The normalized spacial score (nSPS) is 17.2. The summed E-state index contributed by atoms with van der Waals surface area (Å²) in [6.45, 7) is 3.27. The van der Waals surface area contributed by atoms with Crippen LogP contribution in [0.2, 0.25) is 0 Å². The lowest BCUT2D eigenvalue weighted by Crippen LogP contribution is -2.17. The van der Waals surface area contributed by atoms with E-state index in [4.69, 9.17) is 9.47 Å². The number of nitrogens with zero attached hydrogens (tertiary/aromatic N) is 1. The van der Waals surface area contributed by atoms with Crippen molar-refractivity contribution >= 4 is 11.6 Å². The van der Waals surface area contributed by atoms with Gasteiger partial charge in [0.2, 0.25) is 5.88 Å². The summed E-state index contributed by atoms with van der Waals surface area (Å²) in [6.07, 6.45) is 2.45. The van der Waals surface area contributed by atoms with Crippen molar-refractivity contribution in [2.24, 2.45) is 0 Å². The summed E-state index contributed by atoms with van der Waals surface area (Å²) in [5.41, 5.74) is 2.32. The second-order valence-corrected chi connectivity index (χ2v) is 5.26. The summed E-state index contributed by atoms with van der Waals surface area (Å²) in [5.74, 6) is 0.334. The number of benzene rings is 1. The summed E-state index contributed by atoms with van der Waals surface area (Å²) in [5, 5.41) is 2.88. The third-order valence-corrected chi connectivity index (χ3v) is 3.57. The molecule has 22 heavy (non-hydrogen) atoms. The molecule has 1 atom stereocenters. The SMILES string of the molecule is Cc1ccccc1NC(=O)c1ccc(OC2CCOC2)nc1. The molecular weight excluding hydrogens is 280 g/mol. The number of amides is 1. The predicted octanol–water partition coefficient (Wildman–Crippen LogP) is 2.81. The van der Waals surface area contributed by atoms with Gasteiger partial charge in [-0.25, -0.2) is 4.98 Å². The average Bonchev–Trinajstić information content (AvgIpc) is 3.03. The van der Waals surface area contributed by atoms with Crippen molar-refractivity contribution in [3.05, 3.63) is 53.7 Å². The molecule has 114 valence electrons. The van der Waals surface area contributed by atoms with Gasteiger partial charge in [0.15, 0.2) is 0 Å². The van der Waals surface area contributed by atoms with Gasteiger partial charge >= 0.3 is 0 Å². The molecule has 0 saturated carbocycles. The largest absolute Gasteiger partial charge is 0.472 e. The van der Waals surface area contributed by atoms with E-state index >= 15 is 0 Å². The van der Waals surface area contributed by atoms with Gasteiger partial charge in [0.1, 0.15) is 6.10 Å². The lowest BCUT2D eigenvalue weighted by Gasteiger charge is -2.11. The molecule has 1 N–H and O–H groups in total. The maximum Gasteiger partial charge on any atom is 0.257 e. The van der Waals surface area contributed by atoms with Crippen LogP contribution in [0.25, 0.3) is 0 Å². The molecule has 2 heterocycles. The fourth-order valence-electron chi connectivity index (χ4n) is 2.27. The Morgan fingerprint density at radius 3 is 2.86 bits per heavy atom. The number of aryl methyl sites for hydroxylation is 1. The first-order valence-electron chi connectivity index (χ1n) is 7.30. The highest BCUT2D eigenvalue weighted by molar-refractivity contribution is 6.04. The topological polar surface area (TPSA) is 60.5 Å². The number of hydrogen-bond donors (Lipinski definition) is 1. The minimum Gasteiger partial charge on any atom is -0.472 e. The average molecular weight is 298 g/mol. The van der Waals surface area contributed by atoms with Crippen molar-refractivity contribution < 1.29 is 14.3 Å². The van der Waals surface area contributed by atoms with Crippen LogP contribution in [0.1, 0.15) is 22.3 Å². The van der Waals surface area contributed by atoms with Gasteiger partial charge in [-0.2, -0.15) is 0 Å². The molecule has 0 aliphatic carbocycles. The van der Waals surface area contributed by atoms with Gasteiger partial charge < -0.3 is 14.8 Å². The number of ether oxygens (including phenoxy) is 2. The first-order valence-corrected chi connectivity index (χ1v) is 7.30. The highest BCUT2D eigenvalue weighted by Crippen LogP contribution is 2.17. The molecule has 5 nitrogen and oxygen atoms in total. The Labute approximate surface area is 129 Å². The maximum atomic E-state index is 12.2. The molecular formula is C17H18N2O3. The molecule has 5 heteroatoms. The summed E-state index contributed by atoms with van der Waals surface area (Å²) in [7, 11) is 0. The van der Waals surface area contributed by atoms with Gasteiger partial charge in [-0.1, -0.05) is 18.2 Å². The van der Waals surface area contributed by atoms with E-state index in [1.54, 1.807) is 12.1 Å². The number of para-hydroxylation sites is 1. The van der Waals surface area contributed by atoms with Gasteiger partial charge in [0.25, 0.3) is 5.91 Å². The van der Waals surface area contributed by atoms with E-state index in [-0.39, 0.29) is 12.0 Å². The van der Waals surface area contributed by atoms with E-state index in [0.29, 0.717) is 18.1 Å². The third-order valence-electron chi connectivity index (χ3n) is 3.57. The van der Waals surface area contributed by atoms with Crippen LogP contribution in [0.15, 0.2) is 42.6 Å². The van der Waals surface area contributed by atoms with Crippen LogP contribution >= 0.6 is 0 Å².